The summed E-state index contributed by atoms with van der Waals surface area (Å²) in [6, 6.07) is 16.2. The first-order valence-corrected chi connectivity index (χ1v) is 10.3. The molecule has 0 aliphatic carbocycles. The van der Waals surface area contributed by atoms with Crippen LogP contribution in [0.25, 0.3) is 21.5 Å². The van der Waals surface area contributed by atoms with Gasteiger partial charge in [0.1, 0.15) is 24.3 Å². The minimum Gasteiger partial charge on any atom is -0.192 e. The molecule has 0 N–H and O–H groups in total. The molecule has 0 aromatic heterocycles. The van der Waals surface area contributed by atoms with Crippen LogP contribution in [0.1, 0.15) is 72.9 Å². The van der Waals surface area contributed by atoms with E-state index in [2.05, 4.69) is 38.1 Å². The second kappa shape index (κ2) is 9.09. The fourth-order valence-corrected chi connectivity index (χ4v) is 4.20. The van der Waals surface area contributed by atoms with E-state index in [9.17, 15) is 21.0 Å². The van der Waals surface area contributed by atoms with Gasteiger partial charge in [0.2, 0.25) is 0 Å². The summed E-state index contributed by atoms with van der Waals surface area (Å²) in [4.78, 5) is 0. The molecule has 3 aromatic rings. The minimum atomic E-state index is -0.0133. The van der Waals surface area contributed by atoms with Crippen molar-refractivity contribution in [1.29, 1.82) is 21.0 Å². The summed E-state index contributed by atoms with van der Waals surface area (Å²) >= 11 is 0. The first kappa shape index (κ1) is 20.9. The maximum Gasteiger partial charge on any atom is 0.102 e. The average molecular weight is 390 g/mol. The summed E-state index contributed by atoms with van der Waals surface area (Å²) in [6.45, 7) is 4.31. The number of aryl methyl sites for hydroxylation is 2. The van der Waals surface area contributed by atoms with Crippen LogP contribution in [0.5, 0.6) is 0 Å². The van der Waals surface area contributed by atoms with Gasteiger partial charge >= 0.3 is 0 Å². The Morgan fingerprint density at radius 1 is 0.633 bits per heavy atom. The second-order valence-electron chi connectivity index (χ2n) is 7.44. The lowest BCUT2D eigenvalue weighted by atomic mass is 9.84. The highest BCUT2D eigenvalue weighted by Gasteiger charge is 2.22. The average Bonchev–Trinajstić information content (AvgIpc) is 2.79. The van der Waals surface area contributed by atoms with Crippen LogP contribution in [0, 0.1) is 45.3 Å². The van der Waals surface area contributed by atoms with E-state index in [1.807, 2.05) is 18.2 Å². The lowest BCUT2D eigenvalue weighted by Gasteiger charge is -2.17. The summed E-state index contributed by atoms with van der Waals surface area (Å²) in [7, 11) is 0. The molecule has 0 radical (unpaired) electrons. The van der Waals surface area contributed by atoms with E-state index >= 15 is 0 Å². The molecular weight excluding hydrogens is 368 g/mol. The van der Waals surface area contributed by atoms with Crippen molar-refractivity contribution in [2.45, 2.75) is 52.4 Å². The van der Waals surface area contributed by atoms with E-state index in [1.165, 1.54) is 11.1 Å². The van der Waals surface area contributed by atoms with Gasteiger partial charge in [-0.25, -0.2) is 0 Å². The third-order valence-corrected chi connectivity index (χ3v) is 5.69. The number of hydrogen-bond donors (Lipinski definition) is 0. The summed E-state index contributed by atoms with van der Waals surface area (Å²) in [6.07, 6.45) is 6.06. The van der Waals surface area contributed by atoms with Crippen LogP contribution < -0.4 is 0 Å². The van der Waals surface area contributed by atoms with Gasteiger partial charge in [0.15, 0.2) is 0 Å². The molecule has 3 aromatic carbocycles. The summed E-state index contributed by atoms with van der Waals surface area (Å²) in [5, 5.41) is 42.2. The Morgan fingerprint density at radius 2 is 1.20 bits per heavy atom. The van der Waals surface area contributed by atoms with Crippen molar-refractivity contribution in [1.82, 2.24) is 0 Å². The Bertz CT molecular complexity index is 1300. The van der Waals surface area contributed by atoms with Crippen LogP contribution in [0.2, 0.25) is 0 Å². The van der Waals surface area contributed by atoms with Gasteiger partial charge in [0.25, 0.3) is 0 Å². The molecule has 0 aliphatic rings. The Kier molecular flexibility index (Phi) is 6.32. The number of benzene rings is 3. The quantitative estimate of drug-likeness (QED) is 0.470. The molecule has 0 fully saturated rings. The molecular formula is C26H22N4. The lowest BCUT2D eigenvalue weighted by Crippen LogP contribution is -2.02. The molecule has 4 nitrogen and oxygen atoms in total. The van der Waals surface area contributed by atoms with Crippen LogP contribution in [-0.4, -0.2) is 0 Å². The van der Waals surface area contributed by atoms with Gasteiger partial charge in [0.05, 0.1) is 22.3 Å². The zero-order chi connectivity index (χ0) is 21.7. The van der Waals surface area contributed by atoms with E-state index in [-0.39, 0.29) is 22.3 Å². The highest BCUT2D eigenvalue weighted by Crippen LogP contribution is 2.38. The predicted octanol–water partition coefficient (Wildman–Crippen LogP) is 6.16. The van der Waals surface area contributed by atoms with E-state index in [4.69, 9.17) is 0 Å². The molecule has 0 saturated carbocycles. The third kappa shape index (κ3) is 3.35. The normalized spacial score (nSPS) is 10.3. The van der Waals surface area contributed by atoms with Gasteiger partial charge in [-0.2, -0.15) is 21.0 Å². The van der Waals surface area contributed by atoms with Gasteiger partial charge < -0.3 is 0 Å². The Morgan fingerprint density at radius 3 is 1.80 bits per heavy atom. The van der Waals surface area contributed by atoms with Crippen molar-refractivity contribution in [2.24, 2.45) is 0 Å². The van der Waals surface area contributed by atoms with E-state index < -0.39 is 0 Å². The predicted molar refractivity (Wildman–Crippen MR) is 118 cm³/mol. The molecule has 0 atom stereocenters. The number of nitrogens with zero attached hydrogens (tertiary/aromatic N) is 4. The highest BCUT2D eigenvalue weighted by atomic mass is 14.3. The van der Waals surface area contributed by atoms with Crippen LogP contribution in [0.3, 0.4) is 0 Å². The molecule has 0 bridgehead atoms. The van der Waals surface area contributed by atoms with Gasteiger partial charge in [-0.1, -0.05) is 51.0 Å². The highest BCUT2D eigenvalue weighted by molar-refractivity contribution is 6.15. The molecule has 0 spiro atoms. The van der Waals surface area contributed by atoms with Crippen LogP contribution >= 0.6 is 0 Å². The summed E-state index contributed by atoms with van der Waals surface area (Å²) in [5.74, 6) is 0. The number of nitriles is 4. The Labute approximate surface area is 177 Å². The minimum absolute atomic E-state index is 0.00282. The second-order valence-corrected chi connectivity index (χ2v) is 7.44. The smallest absolute Gasteiger partial charge is 0.102 e. The van der Waals surface area contributed by atoms with Gasteiger partial charge in [0, 0.05) is 10.8 Å². The topological polar surface area (TPSA) is 95.2 Å². The molecule has 146 valence electrons. The number of rotatable bonds is 6. The van der Waals surface area contributed by atoms with Crippen molar-refractivity contribution in [3.8, 4) is 24.3 Å². The molecule has 0 unspecified atom stereocenters. The molecule has 0 heterocycles. The first-order valence-electron chi connectivity index (χ1n) is 10.3. The monoisotopic (exact) mass is 390 g/mol. The zero-order valence-corrected chi connectivity index (χ0v) is 17.3. The largest absolute Gasteiger partial charge is 0.192 e. The lowest BCUT2D eigenvalue weighted by molar-refractivity contribution is 0.762. The van der Waals surface area contributed by atoms with Crippen molar-refractivity contribution >= 4 is 21.5 Å². The van der Waals surface area contributed by atoms with Crippen LogP contribution in [0.4, 0.5) is 0 Å². The SMILES string of the molecule is CCCCc1ccc2ccc3c(C#N)c(C#N)c(C#N)c(C#N)c3c2c1CCCC. The fourth-order valence-electron chi connectivity index (χ4n) is 4.20. The van der Waals surface area contributed by atoms with Gasteiger partial charge in [-0.05, 0) is 47.6 Å². The Balaban J connectivity index is 2.61. The van der Waals surface area contributed by atoms with Gasteiger partial charge in [-0.15, -0.1) is 0 Å². The van der Waals surface area contributed by atoms with Crippen molar-refractivity contribution in [3.05, 3.63) is 57.6 Å². The number of hydrogen-bond acceptors (Lipinski definition) is 4. The van der Waals surface area contributed by atoms with Crippen molar-refractivity contribution < 1.29 is 0 Å². The van der Waals surface area contributed by atoms with Crippen LogP contribution in [-0.2, 0) is 12.8 Å². The molecule has 0 amide bonds. The van der Waals surface area contributed by atoms with E-state index in [0.29, 0.717) is 10.8 Å². The standard InChI is InChI=1S/C26H22N4/c1-3-5-7-17-9-10-18-11-12-20-21(13-27)22(14-28)23(15-29)24(16-30)26(20)25(18)19(17)8-6-4-2/h9-12H,3-8H2,1-2H3. The van der Waals surface area contributed by atoms with Crippen molar-refractivity contribution in [3.63, 3.8) is 0 Å². The number of fused-ring (bicyclic) bond motifs is 3. The molecule has 3 rings (SSSR count). The Hall–Kier alpha value is -3.86. The van der Waals surface area contributed by atoms with Crippen molar-refractivity contribution in [2.75, 3.05) is 0 Å². The summed E-state index contributed by atoms with van der Waals surface area (Å²) < 4.78 is 0. The molecule has 4 heteroatoms. The first-order chi connectivity index (χ1) is 14.7. The molecule has 0 saturated heterocycles. The summed E-state index contributed by atoms with van der Waals surface area (Å²) in [5.41, 5.74) is 2.81. The maximum atomic E-state index is 9.97. The van der Waals surface area contributed by atoms with E-state index in [0.717, 1.165) is 49.3 Å². The molecule has 0 aliphatic heterocycles. The zero-order valence-electron chi connectivity index (χ0n) is 17.3. The van der Waals surface area contributed by atoms with Gasteiger partial charge in [-0.3, -0.25) is 0 Å². The third-order valence-electron chi connectivity index (χ3n) is 5.69. The fraction of sp³-hybridized carbons (Fsp3) is 0.308. The maximum absolute atomic E-state index is 9.97. The van der Waals surface area contributed by atoms with Crippen LogP contribution in [0.15, 0.2) is 24.3 Å². The molecule has 30 heavy (non-hydrogen) atoms. The number of unbranched alkanes of at least 4 members (excludes halogenated alkanes) is 2. The van der Waals surface area contributed by atoms with E-state index in [1.54, 1.807) is 6.07 Å².